The highest BCUT2D eigenvalue weighted by Gasteiger charge is 2.22. The molecule has 2 N–H and O–H groups in total. The fourth-order valence-corrected chi connectivity index (χ4v) is 5.56. The Kier molecular flexibility index (Phi) is 12.4. The summed E-state index contributed by atoms with van der Waals surface area (Å²) in [5.74, 6) is -2.45. The van der Waals surface area contributed by atoms with Crippen LogP contribution in [0.15, 0.2) is 51.7 Å². The van der Waals surface area contributed by atoms with Crippen molar-refractivity contribution >= 4 is 22.9 Å². The molecule has 0 aliphatic heterocycles. The SMILES string of the molecule is CCCCCCCCCc1ccc(C(CCCCC(=O)O)c2ccc3c(=O)cc(C(=O)O)oc3c2CCC)cc1. The quantitative estimate of drug-likeness (QED) is 0.154. The Morgan fingerprint density at radius 1 is 0.800 bits per heavy atom. The van der Waals surface area contributed by atoms with Crippen LogP contribution >= 0.6 is 0 Å². The van der Waals surface area contributed by atoms with Crippen molar-refractivity contribution in [3.05, 3.63) is 80.7 Å². The molecule has 0 saturated carbocycles. The van der Waals surface area contributed by atoms with Gasteiger partial charge in [-0.2, -0.15) is 0 Å². The summed E-state index contributed by atoms with van der Waals surface area (Å²) in [4.78, 5) is 35.5. The average Bonchev–Trinajstić information content (AvgIpc) is 2.93. The molecule has 3 rings (SSSR count). The van der Waals surface area contributed by atoms with E-state index in [1.165, 1.54) is 50.5 Å². The summed E-state index contributed by atoms with van der Waals surface area (Å²) in [6.07, 6.45) is 13.6. The second kappa shape index (κ2) is 16.0. The first-order chi connectivity index (χ1) is 19.3. The molecule has 1 unspecified atom stereocenters. The minimum Gasteiger partial charge on any atom is -0.481 e. The van der Waals surface area contributed by atoms with E-state index in [9.17, 15) is 19.5 Å². The van der Waals surface area contributed by atoms with E-state index >= 15 is 0 Å². The third-order valence-corrected chi connectivity index (χ3v) is 7.71. The minimum absolute atomic E-state index is 0.0221. The van der Waals surface area contributed by atoms with Crippen LogP contribution < -0.4 is 5.43 Å². The lowest BCUT2D eigenvalue weighted by molar-refractivity contribution is -0.137. The first kappa shape index (κ1) is 31.1. The molecule has 1 heterocycles. The summed E-state index contributed by atoms with van der Waals surface area (Å²) in [6.45, 7) is 4.28. The maximum absolute atomic E-state index is 12.7. The van der Waals surface area contributed by atoms with Crippen molar-refractivity contribution in [1.29, 1.82) is 0 Å². The number of fused-ring (bicyclic) bond motifs is 1. The largest absolute Gasteiger partial charge is 0.481 e. The molecule has 6 nitrogen and oxygen atoms in total. The van der Waals surface area contributed by atoms with Crippen LogP contribution in [0.5, 0.6) is 0 Å². The summed E-state index contributed by atoms with van der Waals surface area (Å²) in [7, 11) is 0. The molecule has 1 aromatic heterocycles. The minimum atomic E-state index is -1.27. The Morgan fingerprint density at radius 3 is 2.15 bits per heavy atom. The molecule has 0 aliphatic carbocycles. The number of carbonyl (C=O) groups is 2. The van der Waals surface area contributed by atoms with Crippen LogP contribution in [0.1, 0.15) is 130 Å². The van der Waals surface area contributed by atoms with Gasteiger partial charge in [0.2, 0.25) is 5.76 Å². The van der Waals surface area contributed by atoms with Gasteiger partial charge < -0.3 is 14.6 Å². The van der Waals surface area contributed by atoms with Gasteiger partial charge in [-0.1, -0.05) is 95.5 Å². The zero-order valence-corrected chi connectivity index (χ0v) is 24.0. The van der Waals surface area contributed by atoms with Crippen LogP contribution in [0, 0.1) is 0 Å². The van der Waals surface area contributed by atoms with Crippen molar-refractivity contribution < 1.29 is 24.2 Å². The fourth-order valence-electron chi connectivity index (χ4n) is 5.56. The van der Waals surface area contributed by atoms with Crippen LogP contribution in [-0.2, 0) is 17.6 Å². The first-order valence-corrected chi connectivity index (χ1v) is 15.0. The van der Waals surface area contributed by atoms with Crippen molar-refractivity contribution in [3.8, 4) is 0 Å². The summed E-state index contributed by atoms with van der Waals surface area (Å²) in [6, 6.07) is 13.5. The van der Waals surface area contributed by atoms with Gasteiger partial charge in [0, 0.05) is 18.4 Å². The summed E-state index contributed by atoms with van der Waals surface area (Å²) in [5.41, 5.74) is 4.29. The Balaban J connectivity index is 1.90. The van der Waals surface area contributed by atoms with Gasteiger partial charge >= 0.3 is 11.9 Å². The van der Waals surface area contributed by atoms with E-state index in [2.05, 4.69) is 31.2 Å². The molecule has 0 amide bonds. The van der Waals surface area contributed by atoms with Gasteiger partial charge in [0.25, 0.3) is 0 Å². The highest BCUT2D eigenvalue weighted by atomic mass is 16.4. The van der Waals surface area contributed by atoms with Gasteiger partial charge in [0.05, 0.1) is 5.39 Å². The van der Waals surface area contributed by atoms with Crippen LogP contribution in [0.3, 0.4) is 0 Å². The first-order valence-electron chi connectivity index (χ1n) is 15.0. The normalized spacial score (nSPS) is 12.1. The lowest BCUT2D eigenvalue weighted by Gasteiger charge is -2.22. The predicted molar refractivity (Wildman–Crippen MR) is 160 cm³/mol. The number of unbranched alkanes of at least 4 members (excludes halogenated alkanes) is 7. The smallest absolute Gasteiger partial charge is 0.371 e. The molecule has 0 saturated heterocycles. The van der Waals surface area contributed by atoms with Gasteiger partial charge in [-0.15, -0.1) is 0 Å². The van der Waals surface area contributed by atoms with E-state index in [1.54, 1.807) is 6.07 Å². The Bertz CT molecular complexity index is 1300. The van der Waals surface area contributed by atoms with Crippen molar-refractivity contribution in [3.63, 3.8) is 0 Å². The zero-order chi connectivity index (χ0) is 28.9. The maximum Gasteiger partial charge on any atom is 0.371 e. The second-order valence-corrected chi connectivity index (χ2v) is 10.8. The standard InChI is InChI=1S/C34H44O6/c1-3-5-6-7-8-9-10-14-24-17-19-25(20-18-24)26(15-11-12-16-32(36)37)27-21-22-29-30(35)23-31(34(38)39)40-33(29)28(27)13-4-2/h17-23,26H,3-16H2,1-2H3,(H,36,37)(H,38,39). The molecule has 3 aromatic rings. The van der Waals surface area contributed by atoms with E-state index in [1.807, 2.05) is 13.0 Å². The molecule has 0 bridgehead atoms. The molecule has 0 fully saturated rings. The Labute approximate surface area is 237 Å². The van der Waals surface area contributed by atoms with Crippen molar-refractivity contribution in [1.82, 2.24) is 0 Å². The number of aromatic carboxylic acids is 1. The van der Waals surface area contributed by atoms with Crippen LogP contribution in [0.4, 0.5) is 0 Å². The average molecular weight is 549 g/mol. The van der Waals surface area contributed by atoms with E-state index in [-0.39, 0.29) is 23.5 Å². The van der Waals surface area contributed by atoms with E-state index in [0.29, 0.717) is 23.8 Å². The molecule has 216 valence electrons. The van der Waals surface area contributed by atoms with Crippen molar-refractivity contribution in [2.75, 3.05) is 0 Å². The molecule has 0 aliphatic rings. The molecule has 6 heteroatoms. The lowest BCUT2D eigenvalue weighted by atomic mass is 9.82. The van der Waals surface area contributed by atoms with Crippen LogP contribution in [-0.4, -0.2) is 22.2 Å². The highest BCUT2D eigenvalue weighted by Crippen LogP contribution is 2.36. The Morgan fingerprint density at radius 2 is 1.50 bits per heavy atom. The molecule has 1 atom stereocenters. The van der Waals surface area contributed by atoms with Crippen molar-refractivity contribution in [2.45, 2.75) is 110 Å². The third-order valence-electron chi connectivity index (χ3n) is 7.71. The number of carboxylic acid groups (broad SMARTS) is 2. The molecule has 0 radical (unpaired) electrons. The number of hydrogen-bond donors (Lipinski definition) is 2. The van der Waals surface area contributed by atoms with Gasteiger partial charge in [0.15, 0.2) is 5.43 Å². The third kappa shape index (κ3) is 8.80. The Hall–Kier alpha value is -3.41. The highest BCUT2D eigenvalue weighted by molar-refractivity contribution is 5.88. The number of aliphatic carboxylic acids is 1. The zero-order valence-electron chi connectivity index (χ0n) is 24.0. The molecular formula is C34H44O6. The summed E-state index contributed by atoms with van der Waals surface area (Å²) >= 11 is 0. The molecule has 2 aromatic carbocycles. The molecular weight excluding hydrogens is 504 g/mol. The van der Waals surface area contributed by atoms with Gasteiger partial charge in [-0.25, -0.2) is 4.79 Å². The number of hydrogen-bond acceptors (Lipinski definition) is 4. The number of benzene rings is 2. The number of rotatable bonds is 18. The predicted octanol–water partition coefficient (Wildman–Crippen LogP) is 8.51. The summed E-state index contributed by atoms with van der Waals surface area (Å²) < 4.78 is 5.80. The lowest BCUT2D eigenvalue weighted by Crippen LogP contribution is -2.11. The van der Waals surface area contributed by atoms with Crippen LogP contribution in [0.25, 0.3) is 11.0 Å². The number of carboxylic acids is 2. The van der Waals surface area contributed by atoms with E-state index in [0.717, 1.165) is 48.4 Å². The van der Waals surface area contributed by atoms with Gasteiger partial charge in [-0.05, 0) is 60.4 Å². The number of aryl methyl sites for hydroxylation is 2. The molecule has 40 heavy (non-hydrogen) atoms. The fraction of sp³-hybridized carbons (Fsp3) is 0.500. The second-order valence-electron chi connectivity index (χ2n) is 10.8. The summed E-state index contributed by atoms with van der Waals surface area (Å²) in [5, 5.41) is 19.0. The molecule has 0 spiro atoms. The topological polar surface area (TPSA) is 105 Å². The monoisotopic (exact) mass is 548 g/mol. The van der Waals surface area contributed by atoms with Crippen molar-refractivity contribution in [2.24, 2.45) is 0 Å². The maximum atomic E-state index is 12.7. The van der Waals surface area contributed by atoms with Gasteiger partial charge in [-0.3, -0.25) is 9.59 Å². The van der Waals surface area contributed by atoms with Gasteiger partial charge in [0.1, 0.15) is 5.58 Å². The van der Waals surface area contributed by atoms with E-state index in [4.69, 9.17) is 9.52 Å². The van der Waals surface area contributed by atoms with E-state index < -0.39 is 11.9 Å². The van der Waals surface area contributed by atoms with Crippen LogP contribution in [0.2, 0.25) is 0 Å².